The normalized spacial score (nSPS) is 15.6. The van der Waals surface area contributed by atoms with Crippen LogP contribution >= 0.6 is 0 Å². The maximum Gasteiger partial charge on any atom is 0.0731 e. The van der Waals surface area contributed by atoms with Gasteiger partial charge in [-0.1, -0.05) is 227 Å². The fraction of sp³-hybridized carbons (Fsp3) is 0.217. The van der Waals surface area contributed by atoms with Crippen molar-refractivity contribution in [3.05, 3.63) is 244 Å². The van der Waals surface area contributed by atoms with Crippen LogP contribution in [0.2, 0.25) is 0 Å². The summed E-state index contributed by atoms with van der Waals surface area (Å²) in [5.41, 5.74) is 29.6. The topological polar surface area (TPSA) is 3.24 Å². The molecule has 9 aromatic carbocycles. The Morgan fingerprint density at radius 3 is 1.40 bits per heavy atom. The molecule has 0 bridgehead atoms. The van der Waals surface area contributed by atoms with Gasteiger partial charge in [-0.3, -0.25) is 0 Å². The molecule has 0 heterocycles. The number of benzene rings is 9. The van der Waals surface area contributed by atoms with Crippen LogP contribution in [0.4, 0.5) is 17.1 Å². The van der Waals surface area contributed by atoms with Gasteiger partial charge in [-0.15, -0.1) is 0 Å². The first-order valence-corrected chi connectivity index (χ1v) is 25.4. The molecule has 0 fully saturated rings. The molecule has 70 heavy (non-hydrogen) atoms. The highest BCUT2D eigenvalue weighted by molar-refractivity contribution is 6.00. The van der Waals surface area contributed by atoms with Gasteiger partial charge in [0.25, 0.3) is 0 Å². The molecule has 0 aliphatic heterocycles. The number of rotatable bonds is 4. The summed E-state index contributed by atoms with van der Waals surface area (Å²) in [4.78, 5) is 2.54. The van der Waals surface area contributed by atoms with Crippen molar-refractivity contribution in [2.45, 2.75) is 96.3 Å². The summed E-state index contributed by atoms with van der Waals surface area (Å²) in [7, 11) is 0. The third-order valence-electron chi connectivity index (χ3n) is 17.0. The van der Waals surface area contributed by atoms with Gasteiger partial charge in [0.15, 0.2) is 0 Å². The predicted octanol–water partition coefficient (Wildman–Crippen LogP) is 18.4. The van der Waals surface area contributed by atoms with Crippen LogP contribution in [0, 0.1) is 0 Å². The van der Waals surface area contributed by atoms with Crippen molar-refractivity contribution in [1.29, 1.82) is 0 Å². The second kappa shape index (κ2) is 14.4. The van der Waals surface area contributed by atoms with Crippen LogP contribution in [0.3, 0.4) is 0 Å². The van der Waals surface area contributed by atoms with E-state index in [1.807, 2.05) is 0 Å². The SMILES string of the molecule is CC(C)(C)c1ccc2c(c1)C1(c3cc(C(C)(C)C)ccc3-2)c2ccccc2-c2cccc(-c3ccc(N(c4ccc5c(c4)C(C)(C)c4ccccc4-5)c4cccc5c4-c4ccccc4C5(C)C)cc3)c21. The first-order valence-electron chi connectivity index (χ1n) is 25.4. The summed E-state index contributed by atoms with van der Waals surface area (Å²) in [5, 5.41) is 0. The van der Waals surface area contributed by atoms with E-state index in [0.717, 1.165) is 5.69 Å². The molecule has 0 aromatic heterocycles. The van der Waals surface area contributed by atoms with Gasteiger partial charge in [0.05, 0.1) is 11.1 Å². The first kappa shape index (κ1) is 42.8. The number of hydrogen-bond acceptors (Lipinski definition) is 1. The molecule has 1 heteroatoms. The van der Waals surface area contributed by atoms with Crippen molar-refractivity contribution in [2.75, 3.05) is 4.90 Å². The van der Waals surface area contributed by atoms with Gasteiger partial charge in [0, 0.05) is 27.8 Å². The van der Waals surface area contributed by atoms with Gasteiger partial charge < -0.3 is 4.90 Å². The minimum Gasteiger partial charge on any atom is -0.310 e. The number of anilines is 3. The third-order valence-corrected chi connectivity index (χ3v) is 17.0. The van der Waals surface area contributed by atoms with E-state index in [1.165, 1.54) is 123 Å². The summed E-state index contributed by atoms with van der Waals surface area (Å²) < 4.78 is 0. The Hall–Kier alpha value is -7.22. The number of fused-ring (bicyclic) bond motifs is 16. The lowest BCUT2D eigenvalue weighted by molar-refractivity contribution is 0.586. The first-order chi connectivity index (χ1) is 33.5. The predicted molar refractivity (Wildman–Crippen MR) is 295 cm³/mol. The summed E-state index contributed by atoms with van der Waals surface area (Å²) in [6.07, 6.45) is 0. The lowest BCUT2D eigenvalue weighted by Crippen LogP contribution is -2.28. The Morgan fingerprint density at radius 2 is 0.771 bits per heavy atom. The van der Waals surface area contributed by atoms with Crippen LogP contribution in [0.15, 0.2) is 188 Å². The molecule has 0 saturated carbocycles. The summed E-state index contributed by atoms with van der Waals surface area (Å²) in [6, 6.07) is 72.8. The Morgan fingerprint density at radius 1 is 0.329 bits per heavy atom. The second-order valence-electron chi connectivity index (χ2n) is 23.7. The minimum absolute atomic E-state index is 0.0149. The highest BCUT2D eigenvalue weighted by Gasteiger charge is 2.53. The zero-order chi connectivity index (χ0) is 48.3. The maximum absolute atomic E-state index is 2.56. The van der Waals surface area contributed by atoms with Gasteiger partial charge in [0.2, 0.25) is 0 Å². The molecule has 1 spiro atoms. The molecule has 13 rings (SSSR count). The molecule has 0 atom stereocenters. The Bertz CT molecular complexity index is 3610. The van der Waals surface area contributed by atoms with Crippen LogP contribution in [0.1, 0.15) is 125 Å². The number of hydrogen-bond donors (Lipinski definition) is 0. The summed E-state index contributed by atoms with van der Waals surface area (Å²) in [5.74, 6) is 0. The molecule has 4 aliphatic carbocycles. The monoisotopic (exact) mass is 903 g/mol. The zero-order valence-electron chi connectivity index (χ0n) is 42.3. The van der Waals surface area contributed by atoms with E-state index >= 15 is 0 Å². The second-order valence-corrected chi connectivity index (χ2v) is 23.7. The molecule has 0 amide bonds. The fourth-order valence-electron chi connectivity index (χ4n) is 13.4. The van der Waals surface area contributed by atoms with Crippen molar-refractivity contribution in [2.24, 2.45) is 0 Å². The molecule has 0 N–H and O–H groups in total. The molecule has 0 radical (unpaired) electrons. The average molecular weight is 904 g/mol. The molecule has 342 valence electrons. The Kier molecular flexibility index (Phi) is 8.83. The van der Waals surface area contributed by atoms with E-state index in [1.54, 1.807) is 0 Å². The van der Waals surface area contributed by atoms with Crippen LogP contribution in [-0.2, 0) is 27.1 Å². The van der Waals surface area contributed by atoms with Crippen molar-refractivity contribution < 1.29 is 0 Å². The Balaban J connectivity index is 1.04. The third kappa shape index (κ3) is 5.73. The van der Waals surface area contributed by atoms with Crippen LogP contribution in [0.5, 0.6) is 0 Å². The van der Waals surface area contributed by atoms with Crippen molar-refractivity contribution in [3.8, 4) is 55.6 Å². The Labute approximate surface area is 415 Å². The summed E-state index contributed by atoms with van der Waals surface area (Å²) >= 11 is 0. The maximum atomic E-state index is 2.56. The highest BCUT2D eigenvalue weighted by atomic mass is 15.1. The van der Waals surface area contributed by atoms with Gasteiger partial charge >= 0.3 is 0 Å². The standard InChI is InChI=1S/C69H61N/c1-65(2,3)43-31-36-51-52-37-32-44(66(4,5)6)40-61(52)69(60(51)39-43)57-26-16-12-20-49(57)53-23-17-22-47(64(53)69)42-29-33-45(34-30-42)70(46-35-38-50-48-19-11-14-24-55(48)68(9,10)59(50)41-46)62-28-18-27-58-63(62)54-21-13-15-25-56(54)67(58,7)8/h11-41H,1-10H3. The lowest BCUT2D eigenvalue weighted by atomic mass is 9.67. The van der Waals surface area contributed by atoms with Crippen molar-refractivity contribution in [3.63, 3.8) is 0 Å². The molecule has 0 saturated heterocycles. The molecule has 9 aromatic rings. The van der Waals surface area contributed by atoms with E-state index in [2.05, 4.69) is 262 Å². The molecule has 0 unspecified atom stereocenters. The van der Waals surface area contributed by atoms with E-state index in [-0.39, 0.29) is 21.7 Å². The van der Waals surface area contributed by atoms with E-state index in [9.17, 15) is 0 Å². The largest absolute Gasteiger partial charge is 0.310 e. The average Bonchev–Trinajstić information content (AvgIpc) is 3.99. The van der Waals surface area contributed by atoms with Crippen molar-refractivity contribution >= 4 is 17.1 Å². The fourth-order valence-corrected chi connectivity index (χ4v) is 13.4. The molecule has 4 aliphatic rings. The van der Waals surface area contributed by atoms with Gasteiger partial charge in [-0.25, -0.2) is 0 Å². The minimum atomic E-state index is -0.500. The summed E-state index contributed by atoms with van der Waals surface area (Å²) in [6.45, 7) is 23.6. The van der Waals surface area contributed by atoms with E-state index < -0.39 is 5.41 Å². The highest BCUT2D eigenvalue weighted by Crippen LogP contribution is 2.65. The van der Waals surface area contributed by atoms with Gasteiger partial charge in [-0.05, 0) is 147 Å². The zero-order valence-corrected chi connectivity index (χ0v) is 42.3. The quantitative estimate of drug-likeness (QED) is 0.170. The van der Waals surface area contributed by atoms with Crippen molar-refractivity contribution in [1.82, 2.24) is 0 Å². The number of nitrogens with zero attached hydrogens (tertiary/aromatic N) is 1. The van der Waals surface area contributed by atoms with Gasteiger partial charge in [-0.2, -0.15) is 0 Å². The molecular formula is C69H61N. The smallest absolute Gasteiger partial charge is 0.0731 e. The van der Waals surface area contributed by atoms with Crippen LogP contribution < -0.4 is 4.90 Å². The van der Waals surface area contributed by atoms with Gasteiger partial charge in [0.1, 0.15) is 0 Å². The van der Waals surface area contributed by atoms with Crippen LogP contribution in [0.25, 0.3) is 55.6 Å². The van der Waals surface area contributed by atoms with E-state index in [0.29, 0.717) is 0 Å². The van der Waals surface area contributed by atoms with E-state index in [4.69, 9.17) is 0 Å². The molecule has 1 nitrogen and oxygen atoms in total. The van der Waals surface area contributed by atoms with Crippen LogP contribution in [-0.4, -0.2) is 0 Å². The molecular weight excluding hydrogens is 843 g/mol. The lowest BCUT2D eigenvalue weighted by Gasteiger charge is -2.34.